The van der Waals surface area contributed by atoms with E-state index in [1.165, 1.54) is 0 Å². The van der Waals surface area contributed by atoms with Gasteiger partial charge in [-0.1, -0.05) is 68.5 Å². The van der Waals surface area contributed by atoms with E-state index in [4.69, 9.17) is 0 Å². The first kappa shape index (κ1) is 18.4. The largest absolute Gasteiger partial charge is 0.347 e. The van der Waals surface area contributed by atoms with Crippen LogP contribution in [0.5, 0.6) is 0 Å². The van der Waals surface area contributed by atoms with Gasteiger partial charge in [0, 0.05) is 0 Å². The maximum atomic E-state index is 2.95. The summed E-state index contributed by atoms with van der Waals surface area (Å²) >= 11 is 0. The molecule has 0 unspecified atom stereocenters. The molecule has 0 saturated carbocycles. The molecule has 0 heterocycles. The maximum absolute atomic E-state index is 2.95. The van der Waals surface area contributed by atoms with Crippen LogP contribution in [0.3, 0.4) is 0 Å². The van der Waals surface area contributed by atoms with Crippen molar-refractivity contribution < 1.29 is 0 Å². The van der Waals surface area contributed by atoms with E-state index < -0.39 is 16.5 Å². The van der Waals surface area contributed by atoms with Crippen LogP contribution in [-0.4, -0.2) is 27.7 Å². The lowest BCUT2D eigenvalue weighted by Gasteiger charge is -2.55. The predicted octanol–water partition coefficient (Wildman–Crippen LogP) is 5.71. The molecule has 0 radical (unpaired) electrons. The van der Waals surface area contributed by atoms with Gasteiger partial charge in [0.2, 0.25) is 0 Å². The van der Waals surface area contributed by atoms with Crippen molar-refractivity contribution in [3.8, 4) is 0 Å². The summed E-state index contributed by atoms with van der Waals surface area (Å²) in [5.74, 6) is 0. The first-order valence-corrected chi connectivity index (χ1v) is 12.9. The number of nitrogens with zero attached hydrogens (tertiary/aromatic N) is 1. The lowest BCUT2D eigenvalue weighted by Crippen LogP contribution is -2.67. The average molecular weight is 288 g/mol. The fourth-order valence-corrected chi connectivity index (χ4v) is 16.4. The lowest BCUT2D eigenvalue weighted by molar-refractivity contribution is 0.622. The summed E-state index contributed by atoms with van der Waals surface area (Å²) in [5, 5.41) is 0. The van der Waals surface area contributed by atoms with Crippen LogP contribution in [0.2, 0.25) is 35.3 Å². The fourth-order valence-electron chi connectivity index (χ4n) is 3.40. The average Bonchev–Trinajstić information content (AvgIpc) is 2.24. The van der Waals surface area contributed by atoms with E-state index in [1.807, 2.05) is 0 Å². The minimum absolute atomic E-state index is 0.826. The summed E-state index contributed by atoms with van der Waals surface area (Å²) in [4.78, 5) is 0. The van der Waals surface area contributed by atoms with Gasteiger partial charge in [0.05, 0.1) is 0 Å². The van der Waals surface area contributed by atoms with Gasteiger partial charge in [0.15, 0.2) is 0 Å². The molecule has 0 amide bonds. The van der Waals surface area contributed by atoms with Gasteiger partial charge < -0.3 is 4.23 Å². The molecule has 0 spiro atoms. The molecule has 0 aromatic heterocycles. The molecule has 0 aliphatic carbocycles. The van der Waals surface area contributed by atoms with Crippen LogP contribution in [0.1, 0.15) is 55.4 Å². The monoisotopic (exact) mass is 287 g/mol. The van der Waals surface area contributed by atoms with E-state index in [2.05, 4.69) is 79.8 Å². The minimum atomic E-state index is -1.37. The molecule has 0 atom stereocenters. The van der Waals surface area contributed by atoms with Crippen LogP contribution in [0, 0.1) is 0 Å². The first-order valence-electron chi connectivity index (χ1n) is 7.67. The number of hydrogen-bond acceptors (Lipinski definition) is 1. The Kier molecular flexibility index (Phi) is 6.37. The predicted molar refractivity (Wildman–Crippen MR) is 91.4 cm³/mol. The van der Waals surface area contributed by atoms with E-state index in [-0.39, 0.29) is 0 Å². The summed E-state index contributed by atoms with van der Waals surface area (Å²) in [6.45, 7) is 24.8. The van der Waals surface area contributed by atoms with Gasteiger partial charge >= 0.3 is 0 Å². The summed E-state index contributed by atoms with van der Waals surface area (Å²) in [6, 6.07) is 0. The van der Waals surface area contributed by atoms with E-state index in [1.54, 1.807) is 0 Å². The third-order valence-electron chi connectivity index (χ3n) is 6.12. The smallest absolute Gasteiger partial charge is 0.123 e. The third kappa shape index (κ3) is 2.93. The van der Waals surface area contributed by atoms with E-state index in [0.717, 1.165) is 22.2 Å². The molecule has 0 fully saturated rings. The summed E-state index contributed by atoms with van der Waals surface area (Å²) < 4.78 is 2.95. The highest BCUT2D eigenvalue weighted by Crippen LogP contribution is 2.43. The Bertz CT molecular complexity index is 217. The third-order valence-corrected chi connectivity index (χ3v) is 21.3. The molecule has 18 heavy (non-hydrogen) atoms. The Morgan fingerprint density at radius 2 is 0.722 bits per heavy atom. The van der Waals surface area contributed by atoms with E-state index in [0.29, 0.717) is 0 Å². The summed E-state index contributed by atoms with van der Waals surface area (Å²) in [6.07, 6.45) is 0. The van der Waals surface area contributed by atoms with Crippen LogP contribution >= 0.6 is 0 Å². The highest BCUT2D eigenvalue weighted by Gasteiger charge is 2.50. The zero-order valence-corrected chi connectivity index (χ0v) is 16.8. The topological polar surface area (TPSA) is 3.24 Å². The highest BCUT2D eigenvalue weighted by molar-refractivity contribution is 6.94. The molecule has 0 rings (SSSR count). The van der Waals surface area contributed by atoms with Crippen LogP contribution in [0.4, 0.5) is 0 Å². The summed E-state index contributed by atoms with van der Waals surface area (Å²) in [5.41, 5.74) is 3.30. The molecular weight excluding hydrogens is 250 g/mol. The second kappa shape index (κ2) is 6.23. The van der Waals surface area contributed by atoms with Crippen molar-refractivity contribution in [2.45, 2.75) is 90.6 Å². The normalized spacial score (nSPS) is 14.7. The molecule has 0 aliphatic rings. The molecular formula is C15H37NSi2. The van der Waals surface area contributed by atoms with E-state index in [9.17, 15) is 0 Å². The molecule has 110 valence electrons. The Hall–Kier alpha value is 0.394. The Balaban J connectivity index is 5.63. The second-order valence-corrected chi connectivity index (χ2v) is 18.9. The minimum Gasteiger partial charge on any atom is -0.347 e. The molecule has 3 heteroatoms. The van der Waals surface area contributed by atoms with Gasteiger partial charge in [0.25, 0.3) is 0 Å². The molecule has 0 bridgehead atoms. The van der Waals surface area contributed by atoms with Crippen LogP contribution < -0.4 is 0 Å². The van der Waals surface area contributed by atoms with Gasteiger partial charge in [-0.05, 0) is 29.2 Å². The Labute approximate surface area is 119 Å². The van der Waals surface area contributed by atoms with Gasteiger partial charge in [-0.3, -0.25) is 0 Å². The summed E-state index contributed by atoms with van der Waals surface area (Å²) in [7, 11) is -0.290. The van der Waals surface area contributed by atoms with E-state index >= 15 is 0 Å². The molecule has 0 saturated heterocycles. The Morgan fingerprint density at radius 1 is 0.556 bits per heavy atom. The second-order valence-electron chi connectivity index (χ2n) is 7.63. The number of hydrogen-bond donors (Lipinski definition) is 0. The van der Waals surface area contributed by atoms with Gasteiger partial charge in [0.1, 0.15) is 16.5 Å². The van der Waals surface area contributed by atoms with Crippen molar-refractivity contribution in [3.05, 3.63) is 0 Å². The highest BCUT2D eigenvalue weighted by atomic mass is 28.4. The van der Waals surface area contributed by atoms with Crippen molar-refractivity contribution in [1.29, 1.82) is 0 Å². The van der Waals surface area contributed by atoms with Crippen molar-refractivity contribution >= 4 is 16.5 Å². The SMILES string of the molecule is CC(C)[Si](C)(C(C)C)N(C)[Si](C)(C(C)C)C(C)C. The number of rotatable bonds is 6. The van der Waals surface area contributed by atoms with Crippen LogP contribution in [0.15, 0.2) is 0 Å². The van der Waals surface area contributed by atoms with Crippen molar-refractivity contribution in [2.75, 3.05) is 7.05 Å². The van der Waals surface area contributed by atoms with Gasteiger partial charge in [-0.2, -0.15) is 0 Å². The maximum Gasteiger partial charge on any atom is 0.123 e. The quantitative estimate of drug-likeness (QED) is 0.566. The van der Waals surface area contributed by atoms with Crippen molar-refractivity contribution in [1.82, 2.24) is 4.23 Å². The zero-order chi connectivity index (χ0) is 14.9. The first-order chi connectivity index (χ1) is 7.93. The molecule has 0 aromatic carbocycles. The molecule has 1 nitrogen and oxygen atoms in total. The van der Waals surface area contributed by atoms with Crippen LogP contribution in [0.25, 0.3) is 0 Å². The molecule has 0 N–H and O–H groups in total. The zero-order valence-electron chi connectivity index (χ0n) is 14.8. The van der Waals surface area contributed by atoms with Crippen molar-refractivity contribution in [2.24, 2.45) is 0 Å². The van der Waals surface area contributed by atoms with Crippen molar-refractivity contribution in [3.63, 3.8) is 0 Å². The standard InChI is InChI=1S/C15H37NSi2/c1-12(2)17(10,13(3)4)16(9)18(11,14(5)6)15(7)8/h12-15H,1-11H3. The van der Waals surface area contributed by atoms with Gasteiger partial charge in [-0.25, -0.2) is 0 Å². The van der Waals surface area contributed by atoms with Crippen LogP contribution in [-0.2, 0) is 0 Å². The molecule has 0 aliphatic heterocycles. The molecule has 0 aromatic rings. The fraction of sp³-hybridized carbons (Fsp3) is 1.00. The Morgan fingerprint density at radius 3 is 0.833 bits per heavy atom. The lowest BCUT2D eigenvalue weighted by atomic mass is 10.5. The van der Waals surface area contributed by atoms with Gasteiger partial charge in [-0.15, -0.1) is 0 Å².